The number of rotatable bonds is 4. The van der Waals surface area contributed by atoms with E-state index in [4.69, 9.17) is 10.3 Å². The van der Waals surface area contributed by atoms with Crippen molar-refractivity contribution in [2.75, 3.05) is 7.05 Å². The fourth-order valence-corrected chi connectivity index (χ4v) is 3.05. The smallest absolute Gasteiger partial charge is 0.167 e. The molecule has 4 heteroatoms. The molecule has 2 N–H and O–H groups in total. The van der Waals surface area contributed by atoms with Crippen LogP contribution in [0.2, 0.25) is 0 Å². The molecule has 0 aliphatic heterocycles. The van der Waals surface area contributed by atoms with Gasteiger partial charge in [0.1, 0.15) is 0 Å². The molecule has 1 aromatic heterocycles. The third-order valence-electron chi connectivity index (χ3n) is 4.39. The topological polar surface area (TPSA) is 55.3 Å². The van der Waals surface area contributed by atoms with Crippen molar-refractivity contribution in [3.63, 3.8) is 0 Å². The van der Waals surface area contributed by atoms with Gasteiger partial charge in [0.15, 0.2) is 5.76 Å². The Balaban J connectivity index is 1.62. The van der Waals surface area contributed by atoms with E-state index in [0.29, 0.717) is 12.1 Å². The lowest BCUT2D eigenvalue weighted by Crippen LogP contribution is -2.38. The number of nitrogens with zero attached hydrogens (tertiary/aromatic N) is 2. The Morgan fingerprint density at radius 1 is 1.19 bits per heavy atom. The first-order valence-corrected chi connectivity index (χ1v) is 7.69. The lowest BCUT2D eigenvalue weighted by molar-refractivity contribution is 0.172. The molecule has 0 amide bonds. The Hall–Kier alpha value is -1.65. The maximum atomic E-state index is 5.97. The largest absolute Gasteiger partial charge is 0.356 e. The van der Waals surface area contributed by atoms with Crippen molar-refractivity contribution >= 4 is 0 Å². The monoisotopic (exact) mass is 285 g/mol. The van der Waals surface area contributed by atoms with Gasteiger partial charge in [0.25, 0.3) is 0 Å². The van der Waals surface area contributed by atoms with Crippen molar-refractivity contribution in [3.05, 3.63) is 42.1 Å². The molecule has 0 spiro atoms. The second-order valence-corrected chi connectivity index (χ2v) is 6.03. The van der Waals surface area contributed by atoms with Crippen LogP contribution in [0.1, 0.15) is 31.4 Å². The van der Waals surface area contributed by atoms with Gasteiger partial charge in [-0.3, -0.25) is 4.90 Å². The zero-order valence-electron chi connectivity index (χ0n) is 12.5. The van der Waals surface area contributed by atoms with Crippen molar-refractivity contribution in [2.45, 2.75) is 44.3 Å². The molecule has 1 heterocycles. The van der Waals surface area contributed by atoms with Gasteiger partial charge < -0.3 is 10.3 Å². The number of aromatic nitrogens is 1. The summed E-state index contributed by atoms with van der Waals surface area (Å²) in [5.74, 6) is 0.838. The lowest BCUT2D eigenvalue weighted by atomic mass is 9.91. The summed E-state index contributed by atoms with van der Waals surface area (Å²) in [4.78, 5) is 2.37. The molecule has 1 aliphatic rings. The van der Waals surface area contributed by atoms with E-state index in [-0.39, 0.29) is 0 Å². The first-order chi connectivity index (χ1) is 10.2. The minimum atomic E-state index is 0.395. The molecule has 1 fully saturated rings. The van der Waals surface area contributed by atoms with E-state index >= 15 is 0 Å². The number of nitrogens with two attached hydrogens (primary N) is 1. The Morgan fingerprint density at radius 3 is 2.62 bits per heavy atom. The van der Waals surface area contributed by atoms with E-state index in [2.05, 4.69) is 17.1 Å². The highest BCUT2D eigenvalue weighted by molar-refractivity contribution is 5.56. The Kier molecular flexibility index (Phi) is 4.36. The molecular weight excluding hydrogens is 262 g/mol. The summed E-state index contributed by atoms with van der Waals surface area (Å²) >= 11 is 0. The summed E-state index contributed by atoms with van der Waals surface area (Å²) in [6.45, 7) is 0.830. The third-order valence-corrected chi connectivity index (χ3v) is 4.39. The maximum Gasteiger partial charge on any atom is 0.167 e. The quantitative estimate of drug-likeness (QED) is 0.938. The summed E-state index contributed by atoms with van der Waals surface area (Å²) in [5.41, 5.74) is 8.04. The van der Waals surface area contributed by atoms with Gasteiger partial charge in [-0.15, -0.1) is 0 Å². The highest BCUT2D eigenvalue weighted by Gasteiger charge is 2.22. The Morgan fingerprint density at radius 2 is 1.90 bits per heavy atom. The molecule has 1 aromatic carbocycles. The molecule has 21 heavy (non-hydrogen) atoms. The van der Waals surface area contributed by atoms with Gasteiger partial charge in [-0.25, -0.2) is 0 Å². The molecule has 0 saturated heterocycles. The second-order valence-electron chi connectivity index (χ2n) is 6.03. The Bertz CT molecular complexity index is 558. The predicted molar refractivity (Wildman–Crippen MR) is 83.6 cm³/mol. The van der Waals surface area contributed by atoms with Crippen LogP contribution in [0.4, 0.5) is 0 Å². The highest BCUT2D eigenvalue weighted by atomic mass is 16.5. The van der Waals surface area contributed by atoms with Gasteiger partial charge in [-0.05, 0) is 32.7 Å². The molecule has 3 rings (SSSR count). The third kappa shape index (κ3) is 3.52. The average Bonchev–Trinajstić information content (AvgIpc) is 2.97. The van der Waals surface area contributed by atoms with Gasteiger partial charge >= 0.3 is 0 Å². The van der Waals surface area contributed by atoms with Crippen molar-refractivity contribution in [3.8, 4) is 11.3 Å². The minimum Gasteiger partial charge on any atom is -0.356 e. The fourth-order valence-electron chi connectivity index (χ4n) is 3.05. The SMILES string of the molecule is CN(Cc1cc(-c2ccccc2)on1)C1CCC(N)CC1. The van der Waals surface area contributed by atoms with E-state index in [9.17, 15) is 0 Å². The molecule has 1 saturated carbocycles. The molecule has 0 unspecified atom stereocenters. The van der Waals surface area contributed by atoms with Crippen LogP contribution in [0.15, 0.2) is 40.9 Å². The van der Waals surface area contributed by atoms with Gasteiger partial charge in [-0.2, -0.15) is 0 Å². The van der Waals surface area contributed by atoms with Crippen LogP contribution in [0.5, 0.6) is 0 Å². The summed E-state index contributed by atoms with van der Waals surface area (Å²) in [5, 5.41) is 4.20. The molecular formula is C17H23N3O. The van der Waals surface area contributed by atoms with E-state index in [0.717, 1.165) is 36.4 Å². The van der Waals surface area contributed by atoms with E-state index in [1.807, 2.05) is 36.4 Å². The molecule has 2 aromatic rings. The van der Waals surface area contributed by atoms with Crippen LogP contribution >= 0.6 is 0 Å². The first-order valence-electron chi connectivity index (χ1n) is 7.69. The average molecular weight is 285 g/mol. The molecule has 0 atom stereocenters. The zero-order chi connectivity index (χ0) is 14.7. The standard InChI is InChI=1S/C17H23N3O/c1-20(16-9-7-14(18)8-10-16)12-15-11-17(21-19-15)13-5-3-2-4-6-13/h2-6,11,14,16H,7-10,12,18H2,1H3. The van der Waals surface area contributed by atoms with Crippen molar-refractivity contribution in [1.29, 1.82) is 0 Å². The maximum absolute atomic E-state index is 5.97. The van der Waals surface area contributed by atoms with Gasteiger partial charge in [0.2, 0.25) is 0 Å². The van der Waals surface area contributed by atoms with Gasteiger partial charge in [-0.1, -0.05) is 35.5 Å². The molecule has 0 radical (unpaired) electrons. The molecule has 0 bridgehead atoms. The normalized spacial score (nSPS) is 22.6. The Labute approximate surface area is 125 Å². The molecule has 112 valence electrons. The van der Waals surface area contributed by atoms with Crippen LogP contribution in [0.3, 0.4) is 0 Å². The zero-order valence-corrected chi connectivity index (χ0v) is 12.5. The molecule has 1 aliphatic carbocycles. The lowest BCUT2D eigenvalue weighted by Gasteiger charge is -2.32. The van der Waals surface area contributed by atoms with Crippen LogP contribution in [-0.2, 0) is 6.54 Å². The van der Waals surface area contributed by atoms with Gasteiger partial charge in [0, 0.05) is 30.3 Å². The second kappa shape index (κ2) is 6.41. The van der Waals surface area contributed by atoms with Crippen LogP contribution < -0.4 is 5.73 Å². The molecule has 4 nitrogen and oxygen atoms in total. The fraction of sp³-hybridized carbons (Fsp3) is 0.471. The van der Waals surface area contributed by atoms with Gasteiger partial charge in [0.05, 0.1) is 5.69 Å². The number of hydrogen-bond acceptors (Lipinski definition) is 4. The van der Waals surface area contributed by atoms with E-state index in [1.165, 1.54) is 12.8 Å². The van der Waals surface area contributed by atoms with Crippen molar-refractivity contribution < 1.29 is 4.52 Å². The predicted octanol–water partition coefficient (Wildman–Crippen LogP) is 3.04. The summed E-state index contributed by atoms with van der Waals surface area (Å²) in [6, 6.07) is 13.1. The van der Waals surface area contributed by atoms with E-state index < -0.39 is 0 Å². The van der Waals surface area contributed by atoms with E-state index in [1.54, 1.807) is 0 Å². The van der Waals surface area contributed by atoms with Crippen LogP contribution in [0.25, 0.3) is 11.3 Å². The van der Waals surface area contributed by atoms with Crippen LogP contribution in [0, 0.1) is 0 Å². The van der Waals surface area contributed by atoms with Crippen molar-refractivity contribution in [1.82, 2.24) is 10.1 Å². The highest BCUT2D eigenvalue weighted by Crippen LogP contribution is 2.24. The number of benzene rings is 1. The van der Waals surface area contributed by atoms with Crippen LogP contribution in [-0.4, -0.2) is 29.2 Å². The number of hydrogen-bond donors (Lipinski definition) is 1. The summed E-state index contributed by atoms with van der Waals surface area (Å²) in [6.07, 6.45) is 4.62. The first kappa shape index (κ1) is 14.3. The summed E-state index contributed by atoms with van der Waals surface area (Å²) in [7, 11) is 2.17. The summed E-state index contributed by atoms with van der Waals surface area (Å²) < 4.78 is 5.46. The van der Waals surface area contributed by atoms with Crippen molar-refractivity contribution in [2.24, 2.45) is 5.73 Å². The minimum absolute atomic E-state index is 0.395.